The Morgan fingerprint density at radius 2 is 1.86 bits per heavy atom. The molecule has 28 heavy (non-hydrogen) atoms. The van der Waals surface area contributed by atoms with E-state index in [1.54, 1.807) is 0 Å². The summed E-state index contributed by atoms with van der Waals surface area (Å²) in [6.45, 7) is 9.99. The monoisotopic (exact) mass is 387 g/mol. The number of nitrogens with zero attached hydrogens (tertiary/aromatic N) is 3. The maximum absolute atomic E-state index is 12.2. The average molecular weight is 388 g/mol. The second kappa shape index (κ2) is 11.0. The SMILES string of the molecule is CCNC(=NCc1cccc(CN2CCOCC2)c1)NCC(=O)N1CCCC1. The fourth-order valence-electron chi connectivity index (χ4n) is 3.59. The minimum Gasteiger partial charge on any atom is -0.379 e. The Labute approximate surface area is 168 Å². The zero-order chi connectivity index (χ0) is 19.6. The number of amides is 1. The number of rotatable bonds is 7. The highest BCUT2D eigenvalue weighted by molar-refractivity contribution is 5.86. The molecule has 154 valence electrons. The van der Waals surface area contributed by atoms with Gasteiger partial charge >= 0.3 is 0 Å². The first-order chi connectivity index (χ1) is 13.7. The number of ether oxygens (including phenoxy) is 1. The fraction of sp³-hybridized carbons (Fsp3) is 0.619. The first-order valence-corrected chi connectivity index (χ1v) is 10.4. The van der Waals surface area contributed by atoms with Crippen molar-refractivity contribution in [2.45, 2.75) is 32.9 Å². The molecule has 2 aliphatic heterocycles. The number of morpholine rings is 1. The topological polar surface area (TPSA) is 69.2 Å². The minimum absolute atomic E-state index is 0.149. The van der Waals surface area contributed by atoms with Gasteiger partial charge in [-0.2, -0.15) is 0 Å². The third kappa shape index (κ3) is 6.49. The highest BCUT2D eigenvalue weighted by atomic mass is 16.5. The van der Waals surface area contributed by atoms with Crippen molar-refractivity contribution in [2.24, 2.45) is 4.99 Å². The summed E-state index contributed by atoms with van der Waals surface area (Å²) in [4.78, 5) is 21.2. The van der Waals surface area contributed by atoms with Gasteiger partial charge in [-0.1, -0.05) is 24.3 Å². The Hall–Kier alpha value is -2.12. The summed E-state index contributed by atoms with van der Waals surface area (Å²) in [5.74, 6) is 0.837. The van der Waals surface area contributed by atoms with Gasteiger partial charge in [0.15, 0.2) is 5.96 Å². The number of hydrogen-bond donors (Lipinski definition) is 2. The van der Waals surface area contributed by atoms with E-state index in [1.807, 2.05) is 11.8 Å². The molecule has 2 saturated heterocycles. The summed E-state index contributed by atoms with van der Waals surface area (Å²) < 4.78 is 5.42. The van der Waals surface area contributed by atoms with Gasteiger partial charge in [0, 0.05) is 39.3 Å². The third-order valence-electron chi connectivity index (χ3n) is 5.13. The van der Waals surface area contributed by atoms with E-state index in [4.69, 9.17) is 4.74 Å². The van der Waals surface area contributed by atoms with Crippen molar-refractivity contribution >= 4 is 11.9 Å². The molecule has 7 heteroatoms. The average Bonchev–Trinajstić information content (AvgIpc) is 3.26. The predicted molar refractivity (Wildman–Crippen MR) is 111 cm³/mol. The van der Waals surface area contributed by atoms with E-state index in [9.17, 15) is 4.79 Å². The van der Waals surface area contributed by atoms with Crippen molar-refractivity contribution in [3.8, 4) is 0 Å². The van der Waals surface area contributed by atoms with Gasteiger partial charge in [0.1, 0.15) is 0 Å². The van der Waals surface area contributed by atoms with Crippen LogP contribution in [0.1, 0.15) is 30.9 Å². The van der Waals surface area contributed by atoms with Gasteiger partial charge in [0.05, 0.1) is 26.3 Å². The molecule has 2 aliphatic rings. The number of guanidine groups is 1. The first-order valence-electron chi connectivity index (χ1n) is 10.4. The lowest BCUT2D eigenvalue weighted by Crippen LogP contribution is -2.44. The first kappa shape index (κ1) is 20.6. The number of benzene rings is 1. The van der Waals surface area contributed by atoms with E-state index < -0.39 is 0 Å². The standard InChI is InChI=1S/C21H33N5O2/c1-2-22-21(24-16-20(27)26-8-3-4-9-26)23-15-18-6-5-7-19(14-18)17-25-10-12-28-13-11-25/h5-7,14H,2-4,8-13,15-17H2,1H3,(H2,22,23,24). The molecule has 1 aromatic carbocycles. The fourth-order valence-corrected chi connectivity index (χ4v) is 3.59. The van der Waals surface area contributed by atoms with Gasteiger partial charge in [-0.3, -0.25) is 9.69 Å². The van der Waals surface area contributed by atoms with Gasteiger partial charge in [0.25, 0.3) is 0 Å². The van der Waals surface area contributed by atoms with E-state index in [-0.39, 0.29) is 5.91 Å². The van der Waals surface area contributed by atoms with Crippen LogP contribution in [0.15, 0.2) is 29.3 Å². The highest BCUT2D eigenvalue weighted by Crippen LogP contribution is 2.11. The van der Waals surface area contributed by atoms with Crippen molar-refractivity contribution in [2.75, 3.05) is 52.5 Å². The van der Waals surface area contributed by atoms with Gasteiger partial charge in [-0.05, 0) is 30.9 Å². The number of likely N-dealkylation sites (tertiary alicyclic amines) is 1. The molecule has 2 N–H and O–H groups in total. The lowest BCUT2D eigenvalue weighted by Gasteiger charge is -2.26. The summed E-state index contributed by atoms with van der Waals surface area (Å²) in [5, 5.41) is 6.40. The zero-order valence-electron chi connectivity index (χ0n) is 17.0. The predicted octanol–water partition coefficient (Wildman–Crippen LogP) is 1.20. The summed E-state index contributed by atoms with van der Waals surface area (Å²) in [6.07, 6.45) is 2.22. The van der Waals surface area contributed by atoms with Crippen LogP contribution in [0.4, 0.5) is 0 Å². The molecule has 1 aromatic rings. The van der Waals surface area contributed by atoms with Gasteiger partial charge < -0.3 is 20.3 Å². The molecule has 0 unspecified atom stereocenters. The van der Waals surface area contributed by atoms with Crippen LogP contribution >= 0.6 is 0 Å². The Kier molecular flexibility index (Phi) is 8.11. The Morgan fingerprint density at radius 3 is 2.61 bits per heavy atom. The Bertz CT molecular complexity index is 652. The highest BCUT2D eigenvalue weighted by Gasteiger charge is 2.17. The molecule has 0 radical (unpaired) electrons. The summed E-state index contributed by atoms with van der Waals surface area (Å²) in [7, 11) is 0. The van der Waals surface area contributed by atoms with Crippen LogP contribution in [0.25, 0.3) is 0 Å². The molecule has 0 bridgehead atoms. The molecule has 0 aromatic heterocycles. The van der Waals surface area contributed by atoms with Crippen LogP contribution in [0, 0.1) is 0 Å². The molecule has 0 aliphatic carbocycles. The van der Waals surface area contributed by atoms with Crippen LogP contribution in [0.5, 0.6) is 0 Å². The van der Waals surface area contributed by atoms with Crippen LogP contribution < -0.4 is 10.6 Å². The number of hydrogen-bond acceptors (Lipinski definition) is 4. The van der Waals surface area contributed by atoms with E-state index in [1.165, 1.54) is 11.1 Å². The molecule has 2 fully saturated rings. The molecule has 1 amide bonds. The van der Waals surface area contributed by atoms with Crippen LogP contribution in [0.2, 0.25) is 0 Å². The Morgan fingerprint density at radius 1 is 1.11 bits per heavy atom. The molecule has 0 saturated carbocycles. The molecule has 7 nitrogen and oxygen atoms in total. The molecule has 2 heterocycles. The third-order valence-corrected chi connectivity index (χ3v) is 5.13. The molecule has 0 atom stereocenters. The van der Waals surface area contributed by atoms with Crippen LogP contribution in [-0.2, 0) is 22.6 Å². The Balaban J connectivity index is 1.52. The second-order valence-electron chi connectivity index (χ2n) is 7.35. The molecular weight excluding hydrogens is 354 g/mol. The van der Waals surface area contributed by atoms with E-state index in [0.29, 0.717) is 19.0 Å². The van der Waals surface area contributed by atoms with Crippen molar-refractivity contribution < 1.29 is 9.53 Å². The number of aliphatic imine (C=N–C) groups is 1. The van der Waals surface area contributed by atoms with Crippen molar-refractivity contribution in [3.05, 3.63) is 35.4 Å². The maximum atomic E-state index is 12.2. The van der Waals surface area contributed by atoms with E-state index >= 15 is 0 Å². The number of carbonyl (C=O) groups excluding carboxylic acids is 1. The lowest BCUT2D eigenvalue weighted by molar-refractivity contribution is -0.128. The smallest absolute Gasteiger partial charge is 0.241 e. The van der Waals surface area contributed by atoms with E-state index in [0.717, 1.165) is 65.3 Å². The van der Waals surface area contributed by atoms with Gasteiger partial charge in [-0.15, -0.1) is 0 Å². The van der Waals surface area contributed by atoms with E-state index in [2.05, 4.69) is 44.8 Å². The van der Waals surface area contributed by atoms with Crippen molar-refractivity contribution in [1.82, 2.24) is 20.4 Å². The number of nitrogens with one attached hydrogen (secondary N) is 2. The lowest BCUT2D eigenvalue weighted by atomic mass is 10.1. The number of carbonyl (C=O) groups is 1. The molecule has 3 rings (SSSR count). The normalized spacial score (nSPS) is 18.3. The van der Waals surface area contributed by atoms with Gasteiger partial charge in [-0.25, -0.2) is 4.99 Å². The summed E-state index contributed by atoms with van der Waals surface area (Å²) in [6, 6.07) is 8.59. The molecular formula is C21H33N5O2. The van der Waals surface area contributed by atoms with Crippen molar-refractivity contribution in [1.29, 1.82) is 0 Å². The minimum atomic E-state index is 0.149. The van der Waals surface area contributed by atoms with Crippen LogP contribution in [-0.4, -0.2) is 74.1 Å². The molecule has 0 spiro atoms. The quantitative estimate of drug-likeness (QED) is 0.543. The van der Waals surface area contributed by atoms with Crippen molar-refractivity contribution in [3.63, 3.8) is 0 Å². The summed E-state index contributed by atoms with van der Waals surface area (Å²) >= 11 is 0. The second-order valence-corrected chi connectivity index (χ2v) is 7.35. The van der Waals surface area contributed by atoms with Crippen LogP contribution in [0.3, 0.4) is 0 Å². The summed E-state index contributed by atoms with van der Waals surface area (Å²) in [5.41, 5.74) is 2.48. The largest absolute Gasteiger partial charge is 0.379 e. The van der Waals surface area contributed by atoms with Gasteiger partial charge in [0.2, 0.25) is 5.91 Å². The maximum Gasteiger partial charge on any atom is 0.241 e. The zero-order valence-corrected chi connectivity index (χ0v) is 17.0.